The van der Waals surface area contributed by atoms with Crippen LogP contribution in [0.4, 0.5) is 0 Å². The molecule has 0 aromatic rings. The molecule has 0 bridgehead atoms. The van der Waals surface area contributed by atoms with Crippen molar-refractivity contribution in [1.82, 2.24) is 5.32 Å². The Kier molecular flexibility index (Phi) is 6.54. The summed E-state index contributed by atoms with van der Waals surface area (Å²) in [5.74, 6) is 1.50. The molecule has 0 aliphatic heterocycles. The van der Waals surface area contributed by atoms with Crippen LogP contribution in [0.5, 0.6) is 0 Å². The van der Waals surface area contributed by atoms with Crippen molar-refractivity contribution < 1.29 is 9.59 Å². The lowest BCUT2D eigenvalue weighted by Crippen LogP contribution is -2.55. The molecule has 3 N–H and O–H groups in total. The van der Waals surface area contributed by atoms with Gasteiger partial charge in [0.05, 0.1) is 0 Å². The van der Waals surface area contributed by atoms with Gasteiger partial charge in [0, 0.05) is 12.2 Å². The number of primary amides is 1. The topological polar surface area (TPSA) is 72.2 Å². The third-order valence-corrected chi connectivity index (χ3v) is 4.49. The molecule has 0 heterocycles. The van der Waals surface area contributed by atoms with Crippen LogP contribution in [0.1, 0.15) is 51.9 Å². The van der Waals surface area contributed by atoms with E-state index in [-0.39, 0.29) is 11.8 Å². The first-order valence-electron chi connectivity index (χ1n) is 6.79. The molecule has 1 rings (SSSR count). The van der Waals surface area contributed by atoms with E-state index in [0.29, 0.717) is 19.3 Å². The van der Waals surface area contributed by atoms with Crippen LogP contribution in [0.3, 0.4) is 0 Å². The molecule has 1 aliphatic carbocycles. The van der Waals surface area contributed by atoms with Crippen LogP contribution in [-0.2, 0) is 9.59 Å². The summed E-state index contributed by atoms with van der Waals surface area (Å²) < 4.78 is 0. The van der Waals surface area contributed by atoms with Gasteiger partial charge in [-0.2, -0.15) is 11.8 Å². The molecule has 1 fully saturated rings. The molecule has 0 unspecified atom stereocenters. The number of hydrogen-bond donors (Lipinski definition) is 2. The van der Waals surface area contributed by atoms with Crippen LogP contribution in [-0.4, -0.2) is 28.9 Å². The monoisotopic (exact) mass is 272 g/mol. The summed E-state index contributed by atoms with van der Waals surface area (Å²) in [6, 6.07) is 0. The molecule has 1 aliphatic rings. The second kappa shape index (κ2) is 7.67. The van der Waals surface area contributed by atoms with E-state index in [2.05, 4.69) is 12.2 Å². The van der Waals surface area contributed by atoms with Gasteiger partial charge in [0.2, 0.25) is 11.8 Å². The van der Waals surface area contributed by atoms with Crippen molar-refractivity contribution in [1.29, 1.82) is 0 Å². The molecule has 0 aromatic carbocycles. The summed E-state index contributed by atoms with van der Waals surface area (Å²) in [7, 11) is 0. The highest BCUT2D eigenvalue weighted by atomic mass is 32.2. The van der Waals surface area contributed by atoms with Gasteiger partial charge in [-0.3, -0.25) is 9.59 Å². The maximum atomic E-state index is 11.8. The highest BCUT2D eigenvalue weighted by Gasteiger charge is 2.40. The van der Waals surface area contributed by atoms with Crippen LogP contribution in [0, 0.1) is 0 Å². The molecule has 1 saturated carbocycles. The van der Waals surface area contributed by atoms with Gasteiger partial charge in [0.1, 0.15) is 5.54 Å². The van der Waals surface area contributed by atoms with Gasteiger partial charge in [-0.05, 0) is 25.0 Å². The molecule has 5 heteroatoms. The van der Waals surface area contributed by atoms with Gasteiger partial charge < -0.3 is 11.1 Å². The van der Waals surface area contributed by atoms with Crippen molar-refractivity contribution in [2.45, 2.75) is 57.4 Å². The Balaban J connectivity index is 2.27. The van der Waals surface area contributed by atoms with Crippen molar-refractivity contribution >= 4 is 23.6 Å². The van der Waals surface area contributed by atoms with Gasteiger partial charge >= 0.3 is 0 Å². The average molecular weight is 272 g/mol. The zero-order valence-corrected chi connectivity index (χ0v) is 12.0. The average Bonchev–Trinajstić information content (AvgIpc) is 2.78. The van der Waals surface area contributed by atoms with E-state index in [9.17, 15) is 9.59 Å². The molecule has 0 aromatic heterocycles. The highest BCUT2D eigenvalue weighted by Crippen LogP contribution is 2.29. The number of rotatable bonds is 8. The molecule has 2 amide bonds. The Hall–Kier alpha value is -0.710. The predicted octanol–water partition coefficient (Wildman–Crippen LogP) is 1.82. The summed E-state index contributed by atoms with van der Waals surface area (Å²) in [5.41, 5.74) is 4.66. The lowest BCUT2D eigenvalue weighted by atomic mass is 9.96. The number of amides is 2. The molecule has 0 atom stereocenters. The molecule has 0 radical (unpaired) electrons. The normalized spacial score (nSPS) is 17.6. The summed E-state index contributed by atoms with van der Waals surface area (Å²) in [6.45, 7) is 2.16. The largest absolute Gasteiger partial charge is 0.368 e. The molecule has 0 saturated heterocycles. The van der Waals surface area contributed by atoms with E-state index in [4.69, 9.17) is 5.73 Å². The fourth-order valence-corrected chi connectivity index (χ4v) is 3.28. The van der Waals surface area contributed by atoms with E-state index in [1.54, 1.807) is 11.8 Å². The summed E-state index contributed by atoms with van der Waals surface area (Å²) in [4.78, 5) is 23.3. The van der Waals surface area contributed by atoms with E-state index in [0.717, 1.165) is 24.3 Å². The molecule has 4 nitrogen and oxygen atoms in total. The van der Waals surface area contributed by atoms with E-state index >= 15 is 0 Å². The lowest BCUT2D eigenvalue weighted by Gasteiger charge is -2.26. The van der Waals surface area contributed by atoms with Gasteiger partial charge in [0.25, 0.3) is 0 Å². The molecular weight excluding hydrogens is 248 g/mol. The fraction of sp³-hybridized carbons (Fsp3) is 0.846. The predicted molar refractivity (Wildman–Crippen MR) is 75.4 cm³/mol. The number of thioether (sulfide) groups is 1. The molecular formula is C13H24N2O2S. The maximum Gasteiger partial charge on any atom is 0.243 e. The third-order valence-electron chi connectivity index (χ3n) is 3.42. The molecule has 18 heavy (non-hydrogen) atoms. The first-order chi connectivity index (χ1) is 8.60. The maximum absolute atomic E-state index is 11.8. The van der Waals surface area contributed by atoms with Crippen LogP contribution in [0.25, 0.3) is 0 Å². The Labute approximate surface area is 113 Å². The fourth-order valence-electron chi connectivity index (χ4n) is 2.25. The van der Waals surface area contributed by atoms with Crippen molar-refractivity contribution in [2.24, 2.45) is 5.73 Å². The number of nitrogens with one attached hydrogen (secondary N) is 1. The van der Waals surface area contributed by atoms with E-state index in [1.807, 2.05) is 0 Å². The summed E-state index contributed by atoms with van der Waals surface area (Å²) in [5, 5.41) is 2.86. The quantitative estimate of drug-likeness (QED) is 0.662. The van der Waals surface area contributed by atoms with Gasteiger partial charge in [-0.1, -0.05) is 26.2 Å². The van der Waals surface area contributed by atoms with Crippen molar-refractivity contribution in [3.8, 4) is 0 Å². The summed E-state index contributed by atoms with van der Waals surface area (Å²) >= 11 is 1.79. The van der Waals surface area contributed by atoms with Crippen LogP contribution >= 0.6 is 11.8 Å². The zero-order valence-electron chi connectivity index (χ0n) is 11.2. The Morgan fingerprint density at radius 1 is 1.28 bits per heavy atom. The standard InChI is InChI=1S/C13H24N2O2S/c1-2-3-9-18-10-6-11(16)15-13(12(14)17)7-4-5-8-13/h2-10H2,1H3,(H2,14,17)(H,15,16). The lowest BCUT2D eigenvalue weighted by molar-refractivity contribution is -0.131. The number of carbonyl (C=O) groups is 2. The zero-order chi connectivity index (χ0) is 13.4. The van der Waals surface area contributed by atoms with Gasteiger partial charge in [0.15, 0.2) is 0 Å². The number of unbranched alkanes of at least 4 members (excludes halogenated alkanes) is 1. The van der Waals surface area contributed by atoms with Crippen LogP contribution in [0.2, 0.25) is 0 Å². The summed E-state index contributed by atoms with van der Waals surface area (Å²) in [6.07, 6.45) is 6.17. The van der Waals surface area contributed by atoms with Crippen LogP contribution in [0.15, 0.2) is 0 Å². The first kappa shape index (κ1) is 15.3. The Morgan fingerprint density at radius 3 is 2.50 bits per heavy atom. The minimum absolute atomic E-state index is 0.0419. The number of nitrogens with two attached hydrogens (primary N) is 1. The SMILES string of the molecule is CCCCSCCC(=O)NC1(C(N)=O)CCCC1. The Bertz CT molecular complexity index is 289. The van der Waals surface area contributed by atoms with E-state index < -0.39 is 5.54 Å². The number of carbonyl (C=O) groups excluding carboxylic acids is 2. The highest BCUT2D eigenvalue weighted by molar-refractivity contribution is 7.99. The smallest absolute Gasteiger partial charge is 0.243 e. The second-order valence-corrected chi connectivity index (χ2v) is 6.14. The van der Waals surface area contributed by atoms with Crippen molar-refractivity contribution in [2.75, 3.05) is 11.5 Å². The Morgan fingerprint density at radius 2 is 1.94 bits per heavy atom. The molecule has 104 valence electrons. The second-order valence-electron chi connectivity index (χ2n) is 4.92. The first-order valence-corrected chi connectivity index (χ1v) is 7.95. The minimum Gasteiger partial charge on any atom is -0.368 e. The van der Waals surface area contributed by atoms with Gasteiger partial charge in [-0.25, -0.2) is 0 Å². The minimum atomic E-state index is -0.759. The van der Waals surface area contributed by atoms with Crippen molar-refractivity contribution in [3.63, 3.8) is 0 Å². The number of hydrogen-bond acceptors (Lipinski definition) is 3. The molecule has 0 spiro atoms. The van der Waals surface area contributed by atoms with E-state index in [1.165, 1.54) is 12.8 Å². The third kappa shape index (κ3) is 4.52. The van der Waals surface area contributed by atoms with Crippen LogP contribution < -0.4 is 11.1 Å². The van der Waals surface area contributed by atoms with Gasteiger partial charge in [-0.15, -0.1) is 0 Å². The van der Waals surface area contributed by atoms with Crippen molar-refractivity contribution in [3.05, 3.63) is 0 Å².